The van der Waals surface area contributed by atoms with Crippen LogP contribution in [0.15, 0.2) is 36.5 Å². The molecule has 2 saturated heterocycles. The highest BCUT2D eigenvalue weighted by molar-refractivity contribution is 6.28. The van der Waals surface area contributed by atoms with E-state index in [0.717, 1.165) is 12.8 Å². The molecule has 2 aliphatic rings. The maximum absolute atomic E-state index is 16.2. The second kappa shape index (κ2) is 9.56. The molecule has 0 unspecified atom stereocenters. The summed E-state index contributed by atoms with van der Waals surface area (Å²) in [5, 5.41) is 1.33. The molecule has 6 rings (SSSR count). The lowest BCUT2D eigenvalue weighted by Crippen LogP contribution is -2.57. The van der Waals surface area contributed by atoms with Gasteiger partial charge in [-0.05, 0) is 56.7 Å². The minimum atomic E-state index is -0.710. The van der Waals surface area contributed by atoms with Crippen molar-refractivity contribution in [2.24, 2.45) is 0 Å². The summed E-state index contributed by atoms with van der Waals surface area (Å²) in [6.07, 6.45) is 8.44. The molecule has 204 valence electrons. The van der Waals surface area contributed by atoms with E-state index in [1.165, 1.54) is 12.3 Å². The van der Waals surface area contributed by atoms with E-state index in [9.17, 15) is 9.18 Å². The van der Waals surface area contributed by atoms with Gasteiger partial charge in [-0.3, -0.25) is 9.88 Å². The van der Waals surface area contributed by atoms with Gasteiger partial charge in [-0.1, -0.05) is 30.2 Å². The SMILES string of the molecule is C#Cc1c(F)ccc2cccc(-c3ncc4c(N5C[C@H]6CC[C@@H](C5)N6C(=O)OC(C)(C)C)nc(Cl)nc4c3F)c12. The number of carbonyl (C=O) groups excluding carboxylic acids is 1. The monoisotopic (exact) mass is 561 g/mol. The molecule has 2 fully saturated rings. The fraction of sp³-hybridized carbons (Fsp3) is 0.333. The Morgan fingerprint density at radius 3 is 2.52 bits per heavy atom. The number of benzene rings is 2. The van der Waals surface area contributed by atoms with Crippen LogP contribution in [-0.2, 0) is 4.74 Å². The predicted octanol–water partition coefficient (Wildman–Crippen LogP) is 6.35. The second-order valence-electron chi connectivity index (χ2n) is 11.1. The highest BCUT2D eigenvalue weighted by atomic mass is 35.5. The van der Waals surface area contributed by atoms with Gasteiger partial charge in [-0.15, -0.1) is 6.42 Å². The fourth-order valence-corrected chi connectivity index (χ4v) is 5.99. The summed E-state index contributed by atoms with van der Waals surface area (Å²) in [6.45, 7) is 6.49. The molecule has 2 aromatic heterocycles. The third kappa shape index (κ3) is 4.37. The van der Waals surface area contributed by atoms with E-state index in [0.29, 0.717) is 40.6 Å². The number of rotatable bonds is 2. The molecule has 0 N–H and O–H groups in total. The number of hydrogen-bond donors (Lipinski definition) is 0. The summed E-state index contributed by atoms with van der Waals surface area (Å²) in [4.78, 5) is 29.8. The minimum absolute atomic E-state index is 0.00224. The molecule has 2 bridgehead atoms. The van der Waals surface area contributed by atoms with Crippen molar-refractivity contribution in [3.8, 4) is 23.6 Å². The van der Waals surface area contributed by atoms with E-state index in [-0.39, 0.29) is 40.2 Å². The van der Waals surface area contributed by atoms with Crippen LogP contribution in [-0.4, -0.2) is 56.7 Å². The van der Waals surface area contributed by atoms with E-state index < -0.39 is 17.2 Å². The van der Waals surface area contributed by atoms with Crippen molar-refractivity contribution in [1.29, 1.82) is 0 Å². The number of terminal acetylenes is 1. The molecule has 7 nitrogen and oxygen atoms in total. The predicted molar refractivity (Wildman–Crippen MR) is 150 cm³/mol. The Morgan fingerprint density at radius 1 is 1.12 bits per heavy atom. The lowest BCUT2D eigenvalue weighted by Gasteiger charge is -2.42. The lowest BCUT2D eigenvalue weighted by atomic mass is 9.96. The summed E-state index contributed by atoms with van der Waals surface area (Å²) in [6, 6.07) is 7.89. The molecule has 0 aliphatic carbocycles. The average molecular weight is 562 g/mol. The normalized spacial score (nSPS) is 18.8. The minimum Gasteiger partial charge on any atom is -0.444 e. The van der Waals surface area contributed by atoms with E-state index >= 15 is 4.39 Å². The van der Waals surface area contributed by atoms with Crippen molar-refractivity contribution in [3.63, 3.8) is 0 Å². The van der Waals surface area contributed by atoms with Crippen LogP contribution >= 0.6 is 11.6 Å². The topological polar surface area (TPSA) is 71.5 Å². The van der Waals surface area contributed by atoms with Crippen LogP contribution in [0.5, 0.6) is 0 Å². The Morgan fingerprint density at radius 2 is 1.85 bits per heavy atom. The van der Waals surface area contributed by atoms with Crippen LogP contribution in [0.4, 0.5) is 19.4 Å². The van der Waals surface area contributed by atoms with E-state index in [2.05, 4.69) is 20.9 Å². The molecule has 4 heterocycles. The first kappa shape index (κ1) is 26.2. The lowest BCUT2D eigenvalue weighted by molar-refractivity contribution is 0.0123. The van der Waals surface area contributed by atoms with Gasteiger partial charge in [0.05, 0.1) is 23.0 Å². The first-order chi connectivity index (χ1) is 19.1. The Balaban J connectivity index is 1.42. The molecule has 0 radical (unpaired) electrons. The zero-order valence-corrected chi connectivity index (χ0v) is 23.0. The molecule has 0 saturated carbocycles. The Hall–Kier alpha value is -4.03. The second-order valence-corrected chi connectivity index (χ2v) is 11.5. The van der Waals surface area contributed by atoms with Crippen molar-refractivity contribution in [2.45, 2.75) is 51.3 Å². The highest BCUT2D eigenvalue weighted by Gasteiger charge is 2.45. The third-order valence-electron chi connectivity index (χ3n) is 7.42. The number of pyridine rings is 1. The number of carbonyl (C=O) groups is 1. The van der Waals surface area contributed by atoms with Crippen LogP contribution in [0, 0.1) is 24.0 Å². The summed E-state index contributed by atoms with van der Waals surface area (Å²) in [5.41, 5.74) is -0.228. The number of ether oxygens (including phenoxy) is 1. The molecule has 2 aromatic carbocycles. The Kier molecular flexibility index (Phi) is 6.26. The van der Waals surface area contributed by atoms with Crippen molar-refractivity contribution in [3.05, 3.63) is 59.0 Å². The van der Waals surface area contributed by atoms with E-state index in [1.807, 2.05) is 30.6 Å². The maximum Gasteiger partial charge on any atom is 0.410 e. The number of anilines is 1. The zero-order valence-electron chi connectivity index (χ0n) is 22.2. The van der Waals surface area contributed by atoms with Gasteiger partial charge < -0.3 is 9.64 Å². The van der Waals surface area contributed by atoms with Gasteiger partial charge >= 0.3 is 6.09 Å². The first-order valence-corrected chi connectivity index (χ1v) is 13.4. The molecule has 1 amide bonds. The summed E-state index contributed by atoms with van der Waals surface area (Å²) in [7, 11) is 0. The van der Waals surface area contributed by atoms with Gasteiger partial charge in [0, 0.05) is 30.2 Å². The van der Waals surface area contributed by atoms with Crippen LogP contribution in [0.25, 0.3) is 32.9 Å². The highest BCUT2D eigenvalue weighted by Crippen LogP contribution is 2.39. The smallest absolute Gasteiger partial charge is 0.410 e. The zero-order chi connectivity index (χ0) is 28.3. The number of fused-ring (bicyclic) bond motifs is 4. The van der Waals surface area contributed by atoms with Crippen LogP contribution < -0.4 is 4.90 Å². The van der Waals surface area contributed by atoms with E-state index in [1.54, 1.807) is 24.3 Å². The van der Waals surface area contributed by atoms with Crippen LogP contribution in [0.3, 0.4) is 0 Å². The van der Waals surface area contributed by atoms with Crippen molar-refractivity contribution >= 4 is 45.2 Å². The van der Waals surface area contributed by atoms with Gasteiger partial charge in [0.25, 0.3) is 0 Å². The number of amides is 1. The van der Waals surface area contributed by atoms with Gasteiger partial charge in [0.15, 0.2) is 5.82 Å². The van der Waals surface area contributed by atoms with Gasteiger partial charge in [0.2, 0.25) is 5.28 Å². The van der Waals surface area contributed by atoms with Crippen molar-refractivity contribution < 1.29 is 18.3 Å². The quantitative estimate of drug-likeness (QED) is 0.210. The van der Waals surface area contributed by atoms with Gasteiger partial charge in [-0.25, -0.2) is 18.6 Å². The summed E-state index contributed by atoms with van der Waals surface area (Å²) >= 11 is 6.32. The summed E-state index contributed by atoms with van der Waals surface area (Å²) < 4.78 is 36.4. The van der Waals surface area contributed by atoms with Gasteiger partial charge in [-0.2, -0.15) is 4.98 Å². The van der Waals surface area contributed by atoms with Crippen LogP contribution in [0.2, 0.25) is 5.28 Å². The average Bonchev–Trinajstić information content (AvgIpc) is 3.17. The number of halogens is 3. The summed E-state index contributed by atoms with van der Waals surface area (Å²) in [5.74, 6) is 1.55. The van der Waals surface area contributed by atoms with Crippen molar-refractivity contribution in [1.82, 2.24) is 19.9 Å². The largest absolute Gasteiger partial charge is 0.444 e. The number of nitrogens with zero attached hydrogens (tertiary/aromatic N) is 5. The van der Waals surface area contributed by atoms with Gasteiger partial charge in [0.1, 0.15) is 28.4 Å². The standard InChI is InChI=1S/C30H26ClF2N5O2/c1-5-19-22(32)12-9-16-7-6-8-20(23(16)19)25-24(33)26-21(13-34-25)27(36-28(31)35-26)37-14-17-10-11-18(15-37)38(17)29(39)40-30(2,3)4/h1,6-9,12-13,17-18H,10-11,14-15H2,2-4H3/t17-,18+. The van der Waals surface area contributed by atoms with Crippen molar-refractivity contribution in [2.75, 3.05) is 18.0 Å². The van der Waals surface area contributed by atoms with Crippen LogP contribution in [0.1, 0.15) is 39.2 Å². The first-order valence-electron chi connectivity index (χ1n) is 13.0. The Labute approximate surface area is 235 Å². The number of hydrogen-bond acceptors (Lipinski definition) is 6. The van der Waals surface area contributed by atoms with E-state index in [4.69, 9.17) is 22.8 Å². The third-order valence-corrected chi connectivity index (χ3v) is 7.59. The molecular formula is C30H26ClF2N5O2. The molecule has 40 heavy (non-hydrogen) atoms. The number of aromatic nitrogens is 3. The molecule has 0 spiro atoms. The number of piperazine rings is 1. The molecular weight excluding hydrogens is 536 g/mol. The Bertz CT molecular complexity index is 1720. The molecule has 4 aromatic rings. The fourth-order valence-electron chi connectivity index (χ4n) is 5.82. The maximum atomic E-state index is 16.2. The molecule has 2 atom stereocenters. The molecule has 2 aliphatic heterocycles. The molecule has 10 heteroatoms.